The van der Waals surface area contributed by atoms with Crippen molar-refractivity contribution < 1.29 is 0 Å². The molecular formula is C12H15N3. The van der Waals surface area contributed by atoms with Crippen LogP contribution < -0.4 is 10.9 Å². The Morgan fingerprint density at radius 3 is 2.87 bits per heavy atom. The third-order valence-electron chi connectivity index (χ3n) is 3.01. The zero-order valence-corrected chi connectivity index (χ0v) is 9.12. The number of hydrogen-bond acceptors (Lipinski definition) is 3. The number of hydrogen-bond donors (Lipinski definition) is 1. The lowest BCUT2D eigenvalue weighted by atomic mass is 9.85. The van der Waals surface area contributed by atoms with E-state index in [9.17, 15) is 0 Å². The number of anilines is 1. The van der Waals surface area contributed by atoms with Crippen molar-refractivity contribution in [2.24, 2.45) is 5.84 Å². The molecule has 0 saturated heterocycles. The van der Waals surface area contributed by atoms with Gasteiger partial charge in [-0.1, -0.05) is 12.1 Å². The van der Waals surface area contributed by atoms with Crippen molar-refractivity contribution in [2.75, 3.05) is 11.6 Å². The summed E-state index contributed by atoms with van der Waals surface area (Å²) in [4.78, 5) is 0. The summed E-state index contributed by atoms with van der Waals surface area (Å²) in [5.41, 5.74) is 2.99. The molecule has 2 N–H and O–H groups in total. The fraction of sp³-hybridized carbons (Fsp3) is 0.417. The molecule has 3 heteroatoms. The second kappa shape index (κ2) is 3.25. The lowest BCUT2D eigenvalue weighted by Crippen LogP contribution is -2.28. The molecule has 0 spiro atoms. The van der Waals surface area contributed by atoms with Crippen LogP contribution in [0, 0.1) is 11.3 Å². The highest BCUT2D eigenvalue weighted by Crippen LogP contribution is 2.31. The maximum Gasteiger partial charge on any atom is 0.0766 e. The van der Waals surface area contributed by atoms with Gasteiger partial charge in [0.05, 0.1) is 17.2 Å². The minimum absolute atomic E-state index is 0.420. The lowest BCUT2D eigenvalue weighted by molar-refractivity contribution is 0.686. The van der Waals surface area contributed by atoms with Crippen molar-refractivity contribution in [3.8, 4) is 6.07 Å². The zero-order valence-electron chi connectivity index (χ0n) is 9.12. The monoisotopic (exact) mass is 201 g/mol. The topological polar surface area (TPSA) is 53.0 Å². The van der Waals surface area contributed by atoms with Crippen molar-refractivity contribution in [1.29, 1.82) is 5.26 Å². The van der Waals surface area contributed by atoms with Gasteiger partial charge in [-0.25, -0.2) is 5.84 Å². The highest BCUT2D eigenvalue weighted by molar-refractivity contribution is 5.59. The normalized spacial score (nSPS) is 14.9. The third kappa shape index (κ3) is 1.57. The van der Waals surface area contributed by atoms with Gasteiger partial charge in [-0.15, -0.1) is 0 Å². The quantitative estimate of drug-likeness (QED) is 0.704. The molecule has 0 radical (unpaired) electrons. The Bertz CT molecular complexity index is 429. The van der Waals surface area contributed by atoms with E-state index in [4.69, 9.17) is 11.1 Å². The minimum atomic E-state index is -0.420. The molecule has 0 aliphatic carbocycles. The van der Waals surface area contributed by atoms with E-state index in [-0.39, 0.29) is 0 Å². The lowest BCUT2D eigenvalue weighted by Gasteiger charge is -2.18. The summed E-state index contributed by atoms with van der Waals surface area (Å²) in [6.07, 6.45) is 0.973. The van der Waals surface area contributed by atoms with E-state index in [1.54, 1.807) is 5.01 Å². The molecule has 0 atom stereocenters. The molecule has 2 rings (SSSR count). The zero-order chi connectivity index (χ0) is 11.1. The summed E-state index contributed by atoms with van der Waals surface area (Å²) in [6.45, 7) is 4.74. The van der Waals surface area contributed by atoms with Crippen LogP contribution in [0.4, 0.5) is 5.69 Å². The van der Waals surface area contributed by atoms with Gasteiger partial charge in [0.2, 0.25) is 0 Å². The Labute approximate surface area is 90.1 Å². The van der Waals surface area contributed by atoms with Gasteiger partial charge in [0.25, 0.3) is 0 Å². The second-order valence-electron chi connectivity index (χ2n) is 4.52. The van der Waals surface area contributed by atoms with Crippen LogP contribution >= 0.6 is 0 Å². The van der Waals surface area contributed by atoms with E-state index >= 15 is 0 Å². The maximum absolute atomic E-state index is 9.06. The van der Waals surface area contributed by atoms with E-state index in [1.165, 1.54) is 5.56 Å². The summed E-state index contributed by atoms with van der Waals surface area (Å²) < 4.78 is 0. The van der Waals surface area contributed by atoms with Crippen molar-refractivity contribution >= 4 is 5.69 Å². The summed E-state index contributed by atoms with van der Waals surface area (Å²) >= 11 is 0. The predicted molar refractivity (Wildman–Crippen MR) is 60.3 cm³/mol. The number of rotatable bonds is 1. The first-order valence-corrected chi connectivity index (χ1v) is 5.11. The van der Waals surface area contributed by atoms with Crippen LogP contribution in [0.25, 0.3) is 0 Å². The van der Waals surface area contributed by atoms with Gasteiger partial charge >= 0.3 is 0 Å². The van der Waals surface area contributed by atoms with Crippen LogP contribution in [-0.2, 0) is 11.8 Å². The number of nitrogens with zero attached hydrogens (tertiary/aromatic N) is 2. The molecule has 0 amide bonds. The number of nitriles is 1. The predicted octanol–water partition coefficient (Wildman–Crippen LogP) is 1.72. The van der Waals surface area contributed by atoms with Crippen LogP contribution in [0.1, 0.15) is 25.0 Å². The number of hydrazine groups is 1. The van der Waals surface area contributed by atoms with Crippen molar-refractivity contribution in [1.82, 2.24) is 0 Å². The summed E-state index contributed by atoms with van der Waals surface area (Å²) in [6, 6.07) is 8.42. The summed E-state index contributed by atoms with van der Waals surface area (Å²) in [7, 11) is 0. The van der Waals surface area contributed by atoms with E-state index in [0.717, 1.165) is 24.2 Å². The largest absolute Gasteiger partial charge is 0.310 e. The van der Waals surface area contributed by atoms with Gasteiger partial charge in [0.15, 0.2) is 0 Å². The molecule has 0 unspecified atom stereocenters. The first kappa shape index (κ1) is 10.0. The van der Waals surface area contributed by atoms with E-state index < -0.39 is 5.41 Å². The Balaban J connectivity index is 2.44. The van der Waals surface area contributed by atoms with Gasteiger partial charge in [-0.05, 0) is 37.5 Å². The van der Waals surface area contributed by atoms with E-state index in [0.29, 0.717) is 0 Å². The van der Waals surface area contributed by atoms with Crippen LogP contribution in [-0.4, -0.2) is 6.54 Å². The van der Waals surface area contributed by atoms with Gasteiger partial charge in [0, 0.05) is 6.54 Å². The molecule has 1 heterocycles. The molecule has 1 aromatic carbocycles. The highest BCUT2D eigenvalue weighted by atomic mass is 15.4. The molecule has 0 saturated carbocycles. The standard InChI is InChI=1S/C12H15N3/c1-12(2,8-13)10-3-4-11-9(7-10)5-6-15(11)14/h3-4,7H,5-6,14H2,1-2H3. The van der Waals surface area contributed by atoms with Gasteiger partial charge in [0.1, 0.15) is 0 Å². The number of benzene rings is 1. The maximum atomic E-state index is 9.06. The molecule has 0 aromatic heterocycles. The average Bonchev–Trinajstić information content (AvgIpc) is 2.60. The Kier molecular flexibility index (Phi) is 2.17. The molecule has 3 nitrogen and oxygen atoms in total. The number of nitrogens with two attached hydrogens (primary N) is 1. The average molecular weight is 201 g/mol. The van der Waals surface area contributed by atoms with Crippen LogP contribution in [0.5, 0.6) is 0 Å². The van der Waals surface area contributed by atoms with Gasteiger partial charge < -0.3 is 5.01 Å². The van der Waals surface area contributed by atoms with Gasteiger partial charge in [-0.3, -0.25) is 0 Å². The fourth-order valence-electron chi connectivity index (χ4n) is 1.88. The molecule has 0 fully saturated rings. The first-order valence-electron chi connectivity index (χ1n) is 5.11. The fourth-order valence-corrected chi connectivity index (χ4v) is 1.88. The Morgan fingerprint density at radius 2 is 2.20 bits per heavy atom. The molecular weight excluding hydrogens is 186 g/mol. The van der Waals surface area contributed by atoms with Crippen molar-refractivity contribution in [2.45, 2.75) is 25.7 Å². The van der Waals surface area contributed by atoms with Crippen LogP contribution in [0.15, 0.2) is 18.2 Å². The molecule has 78 valence electrons. The Morgan fingerprint density at radius 1 is 1.47 bits per heavy atom. The van der Waals surface area contributed by atoms with Crippen molar-refractivity contribution in [3.05, 3.63) is 29.3 Å². The second-order valence-corrected chi connectivity index (χ2v) is 4.52. The molecule has 0 bridgehead atoms. The number of fused-ring (bicyclic) bond motifs is 1. The smallest absolute Gasteiger partial charge is 0.0766 e. The molecule has 1 aromatic rings. The summed E-state index contributed by atoms with van der Waals surface area (Å²) in [5.74, 6) is 5.81. The Hall–Kier alpha value is -1.53. The third-order valence-corrected chi connectivity index (χ3v) is 3.01. The minimum Gasteiger partial charge on any atom is -0.310 e. The van der Waals surface area contributed by atoms with Crippen molar-refractivity contribution in [3.63, 3.8) is 0 Å². The first-order chi connectivity index (χ1) is 7.04. The van der Waals surface area contributed by atoms with Gasteiger partial charge in [-0.2, -0.15) is 5.26 Å². The summed E-state index contributed by atoms with van der Waals surface area (Å²) in [5, 5.41) is 10.8. The van der Waals surface area contributed by atoms with Crippen LogP contribution in [0.2, 0.25) is 0 Å². The van der Waals surface area contributed by atoms with E-state index in [2.05, 4.69) is 12.1 Å². The van der Waals surface area contributed by atoms with E-state index in [1.807, 2.05) is 26.0 Å². The molecule has 15 heavy (non-hydrogen) atoms. The molecule has 1 aliphatic rings. The highest BCUT2D eigenvalue weighted by Gasteiger charge is 2.23. The molecule has 1 aliphatic heterocycles. The van der Waals surface area contributed by atoms with Crippen LogP contribution in [0.3, 0.4) is 0 Å². The SMILES string of the molecule is CC(C)(C#N)c1ccc2c(c1)CCN2N.